The first-order chi connectivity index (χ1) is 13.7. The van der Waals surface area contributed by atoms with E-state index in [1.165, 1.54) is 17.0 Å². The van der Waals surface area contributed by atoms with Crippen LogP contribution in [-0.4, -0.2) is 40.9 Å². The van der Waals surface area contributed by atoms with Gasteiger partial charge in [0.05, 0.1) is 23.2 Å². The number of ether oxygens (including phenoxy) is 2. The fourth-order valence-electron chi connectivity index (χ4n) is 2.89. The quantitative estimate of drug-likeness (QED) is 0.571. The number of esters is 2. The van der Waals surface area contributed by atoms with Crippen LogP contribution in [0.1, 0.15) is 57.4 Å². The van der Waals surface area contributed by atoms with Crippen LogP contribution >= 0.6 is 0 Å². The number of nitrogens with zero attached hydrogens (tertiary/aromatic N) is 1. The standard InChI is InChI=1S/C22H21NO6/c1-22(2,3)29-18(24)13-28-21(27)15-10-8-14(9-11-15)12-23-19(25)16-6-4-5-7-17(16)20(23)26/h4-11H,12-13H2,1-3H3. The summed E-state index contributed by atoms with van der Waals surface area (Å²) in [6.45, 7) is 4.78. The van der Waals surface area contributed by atoms with E-state index < -0.39 is 24.1 Å². The Balaban J connectivity index is 1.60. The SMILES string of the molecule is CC(C)(C)OC(=O)COC(=O)c1ccc(CN2C(=O)c3ccccc3C2=O)cc1. The largest absolute Gasteiger partial charge is 0.457 e. The number of amides is 2. The predicted octanol–water partition coefficient (Wildman–Crippen LogP) is 2.98. The summed E-state index contributed by atoms with van der Waals surface area (Å²) in [4.78, 5) is 49.7. The molecule has 2 aromatic carbocycles. The van der Waals surface area contributed by atoms with Crippen LogP contribution in [0.5, 0.6) is 0 Å². The second-order valence-corrected chi connectivity index (χ2v) is 7.60. The Bertz CT molecular complexity index is 937. The number of carbonyl (C=O) groups excluding carboxylic acids is 4. The number of imide groups is 1. The van der Waals surface area contributed by atoms with Gasteiger partial charge in [0, 0.05) is 0 Å². The molecule has 0 aliphatic carbocycles. The Morgan fingerprint density at radius 2 is 1.45 bits per heavy atom. The molecular formula is C22H21NO6. The Labute approximate surface area is 168 Å². The maximum Gasteiger partial charge on any atom is 0.344 e. The lowest BCUT2D eigenvalue weighted by atomic mass is 10.1. The van der Waals surface area contributed by atoms with Crippen molar-refractivity contribution >= 4 is 23.8 Å². The summed E-state index contributed by atoms with van der Waals surface area (Å²) in [5.74, 6) is -1.98. The molecule has 0 unspecified atom stereocenters. The van der Waals surface area contributed by atoms with Gasteiger partial charge in [0.25, 0.3) is 11.8 Å². The molecule has 0 bridgehead atoms. The minimum Gasteiger partial charge on any atom is -0.457 e. The van der Waals surface area contributed by atoms with Crippen molar-refractivity contribution in [3.63, 3.8) is 0 Å². The molecule has 7 heteroatoms. The minimum atomic E-state index is -0.664. The average molecular weight is 395 g/mol. The molecule has 7 nitrogen and oxygen atoms in total. The topological polar surface area (TPSA) is 90.0 Å². The zero-order chi connectivity index (χ0) is 21.2. The van der Waals surface area contributed by atoms with Crippen molar-refractivity contribution < 1.29 is 28.7 Å². The molecule has 0 saturated carbocycles. The third-order valence-electron chi connectivity index (χ3n) is 4.15. The molecule has 0 radical (unpaired) electrons. The van der Waals surface area contributed by atoms with Crippen LogP contribution in [-0.2, 0) is 20.8 Å². The fraction of sp³-hybridized carbons (Fsp3) is 0.273. The van der Waals surface area contributed by atoms with Gasteiger partial charge in [0.15, 0.2) is 6.61 Å². The molecular weight excluding hydrogens is 374 g/mol. The van der Waals surface area contributed by atoms with E-state index in [9.17, 15) is 19.2 Å². The minimum absolute atomic E-state index is 0.0968. The van der Waals surface area contributed by atoms with Crippen LogP contribution in [0.2, 0.25) is 0 Å². The molecule has 29 heavy (non-hydrogen) atoms. The molecule has 1 heterocycles. The van der Waals surface area contributed by atoms with E-state index in [0.717, 1.165) is 0 Å². The van der Waals surface area contributed by atoms with Crippen molar-refractivity contribution in [2.75, 3.05) is 6.61 Å². The van der Waals surface area contributed by atoms with Gasteiger partial charge >= 0.3 is 11.9 Å². The lowest BCUT2D eigenvalue weighted by molar-refractivity contribution is -0.158. The molecule has 0 N–H and O–H groups in total. The van der Waals surface area contributed by atoms with Crippen LogP contribution in [0.3, 0.4) is 0 Å². The molecule has 0 saturated heterocycles. The van der Waals surface area contributed by atoms with Crippen LogP contribution in [0.4, 0.5) is 0 Å². The smallest absolute Gasteiger partial charge is 0.344 e. The zero-order valence-electron chi connectivity index (χ0n) is 16.4. The zero-order valence-corrected chi connectivity index (χ0v) is 16.4. The normalized spacial score (nSPS) is 13.3. The third kappa shape index (κ3) is 4.68. The molecule has 2 aromatic rings. The molecule has 1 aliphatic heterocycles. The van der Waals surface area contributed by atoms with Crippen molar-refractivity contribution in [2.45, 2.75) is 32.9 Å². The highest BCUT2D eigenvalue weighted by atomic mass is 16.6. The maximum absolute atomic E-state index is 12.4. The van der Waals surface area contributed by atoms with Crippen LogP contribution < -0.4 is 0 Å². The molecule has 150 valence electrons. The van der Waals surface area contributed by atoms with E-state index in [2.05, 4.69) is 0 Å². The molecule has 0 fully saturated rings. The van der Waals surface area contributed by atoms with Gasteiger partial charge in [0.1, 0.15) is 5.60 Å². The predicted molar refractivity (Wildman–Crippen MR) is 103 cm³/mol. The third-order valence-corrected chi connectivity index (χ3v) is 4.15. The number of rotatable bonds is 5. The average Bonchev–Trinajstić information content (AvgIpc) is 2.91. The van der Waals surface area contributed by atoms with Crippen molar-refractivity contribution in [3.8, 4) is 0 Å². The first-order valence-electron chi connectivity index (χ1n) is 9.09. The van der Waals surface area contributed by atoms with E-state index in [4.69, 9.17) is 9.47 Å². The van der Waals surface area contributed by atoms with E-state index in [0.29, 0.717) is 16.7 Å². The van der Waals surface area contributed by atoms with Crippen molar-refractivity contribution in [1.82, 2.24) is 4.90 Å². The number of benzene rings is 2. The summed E-state index contributed by atoms with van der Waals surface area (Å²) < 4.78 is 10.0. The molecule has 0 spiro atoms. The van der Waals surface area contributed by atoms with E-state index >= 15 is 0 Å². The molecule has 2 amide bonds. The van der Waals surface area contributed by atoms with E-state index in [-0.39, 0.29) is 23.9 Å². The first kappa shape index (κ1) is 20.3. The van der Waals surface area contributed by atoms with E-state index in [1.807, 2.05) is 0 Å². The Hall–Kier alpha value is -3.48. The number of fused-ring (bicyclic) bond motifs is 1. The summed E-state index contributed by atoms with van der Waals surface area (Å²) in [5, 5.41) is 0. The highest BCUT2D eigenvalue weighted by molar-refractivity contribution is 6.21. The maximum atomic E-state index is 12.4. The van der Waals surface area contributed by atoms with Crippen LogP contribution in [0.15, 0.2) is 48.5 Å². The highest BCUT2D eigenvalue weighted by Crippen LogP contribution is 2.24. The lowest BCUT2D eigenvalue weighted by Crippen LogP contribution is -2.29. The lowest BCUT2D eigenvalue weighted by Gasteiger charge is -2.19. The van der Waals surface area contributed by atoms with E-state index in [1.54, 1.807) is 57.2 Å². The van der Waals surface area contributed by atoms with Crippen LogP contribution in [0, 0.1) is 0 Å². The Morgan fingerprint density at radius 3 is 1.97 bits per heavy atom. The van der Waals surface area contributed by atoms with Crippen molar-refractivity contribution in [2.24, 2.45) is 0 Å². The summed E-state index contributed by atoms with van der Waals surface area (Å²) in [7, 11) is 0. The summed E-state index contributed by atoms with van der Waals surface area (Å²) >= 11 is 0. The summed E-state index contributed by atoms with van der Waals surface area (Å²) in [6, 6.07) is 13.0. The van der Waals surface area contributed by atoms with Gasteiger partial charge in [0.2, 0.25) is 0 Å². The van der Waals surface area contributed by atoms with Crippen molar-refractivity contribution in [1.29, 1.82) is 0 Å². The van der Waals surface area contributed by atoms with Crippen molar-refractivity contribution in [3.05, 3.63) is 70.8 Å². The van der Waals surface area contributed by atoms with Gasteiger partial charge < -0.3 is 9.47 Å². The summed E-state index contributed by atoms with van der Waals surface area (Å²) in [6.07, 6.45) is 0. The Morgan fingerprint density at radius 1 is 0.897 bits per heavy atom. The monoisotopic (exact) mass is 395 g/mol. The molecule has 0 atom stereocenters. The van der Waals surface area contributed by atoms with Gasteiger partial charge in [-0.25, -0.2) is 9.59 Å². The van der Waals surface area contributed by atoms with Gasteiger partial charge in [-0.15, -0.1) is 0 Å². The number of hydrogen-bond donors (Lipinski definition) is 0. The fourth-order valence-corrected chi connectivity index (χ4v) is 2.89. The second-order valence-electron chi connectivity index (χ2n) is 7.60. The van der Waals surface area contributed by atoms with Crippen LogP contribution in [0.25, 0.3) is 0 Å². The van der Waals surface area contributed by atoms with Gasteiger partial charge in [-0.05, 0) is 50.6 Å². The molecule has 0 aromatic heterocycles. The van der Waals surface area contributed by atoms with Gasteiger partial charge in [-0.1, -0.05) is 24.3 Å². The number of hydrogen-bond acceptors (Lipinski definition) is 6. The Kier molecular flexibility index (Phi) is 5.50. The molecule has 1 aliphatic rings. The number of carbonyl (C=O) groups is 4. The second kappa shape index (κ2) is 7.87. The van der Waals surface area contributed by atoms with Gasteiger partial charge in [-0.3, -0.25) is 14.5 Å². The molecule has 3 rings (SSSR count). The first-order valence-corrected chi connectivity index (χ1v) is 9.09. The van der Waals surface area contributed by atoms with Gasteiger partial charge in [-0.2, -0.15) is 0 Å². The highest BCUT2D eigenvalue weighted by Gasteiger charge is 2.34. The summed E-state index contributed by atoms with van der Waals surface area (Å²) in [5.41, 5.74) is 1.05.